The number of rotatable bonds is 4. The van der Waals surface area contributed by atoms with E-state index >= 15 is 0 Å². The van der Waals surface area contributed by atoms with Gasteiger partial charge in [0.25, 0.3) is 0 Å². The van der Waals surface area contributed by atoms with Crippen molar-refractivity contribution in [3.8, 4) is 5.75 Å². The molecule has 108 valence electrons. The third-order valence-electron chi connectivity index (χ3n) is 3.26. The minimum absolute atomic E-state index is 0.141. The molecule has 0 aliphatic rings. The molecule has 0 saturated heterocycles. The molecule has 2 heteroatoms. The predicted molar refractivity (Wildman–Crippen MR) is 83.3 cm³/mol. The van der Waals surface area contributed by atoms with Gasteiger partial charge in [-0.05, 0) is 41.1 Å². The lowest BCUT2D eigenvalue weighted by Crippen LogP contribution is -2.19. The Morgan fingerprint density at radius 2 is 1.37 bits per heavy atom. The Morgan fingerprint density at radius 3 is 1.74 bits per heavy atom. The number of hydrogen-bond donors (Lipinski definition) is 1. The van der Waals surface area contributed by atoms with E-state index in [1.807, 2.05) is 7.05 Å². The van der Waals surface area contributed by atoms with E-state index in [9.17, 15) is 0 Å². The molecule has 1 rings (SSSR count). The van der Waals surface area contributed by atoms with Crippen LogP contribution < -0.4 is 10.1 Å². The maximum Gasteiger partial charge on any atom is 0.119 e. The highest BCUT2D eigenvalue weighted by Crippen LogP contribution is 2.32. The maximum absolute atomic E-state index is 5.86. The summed E-state index contributed by atoms with van der Waals surface area (Å²) in [5.41, 5.74) is 2.95. The van der Waals surface area contributed by atoms with Gasteiger partial charge < -0.3 is 10.1 Å². The highest BCUT2D eigenvalue weighted by molar-refractivity contribution is 5.40. The van der Waals surface area contributed by atoms with Crippen LogP contribution in [0.5, 0.6) is 5.75 Å². The molecule has 0 bridgehead atoms. The first-order chi connectivity index (χ1) is 8.64. The summed E-state index contributed by atoms with van der Waals surface area (Å²) < 4.78 is 5.86. The van der Waals surface area contributed by atoms with Gasteiger partial charge in [-0.15, -0.1) is 0 Å². The minimum atomic E-state index is 0.141. The average Bonchev–Trinajstić information content (AvgIpc) is 2.27. The van der Waals surface area contributed by atoms with Crippen LogP contribution in [0.3, 0.4) is 0 Å². The number of benzene rings is 1. The molecule has 0 spiro atoms. The molecule has 0 aromatic heterocycles. The summed E-state index contributed by atoms with van der Waals surface area (Å²) in [6.45, 7) is 15.0. The van der Waals surface area contributed by atoms with Gasteiger partial charge in [-0.3, -0.25) is 0 Å². The zero-order chi connectivity index (χ0) is 14.7. The first-order valence-corrected chi connectivity index (χ1v) is 7.08. The van der Waals surface area contributed by atoms with Gasteiger partial charge in [-0.2, -0.15) is 0 Å². The van der Waals surface area contributed by atoms with Crippen LogP contribution in [0.2, 0.25) is 0 Å². The van der Waals surface area contributed by atoms with Crippen molar-refractivity contribution in [2.75, 3.05) is 20.2 Å². The third kappa shape index (κ3) is 4.87. The second kappa shape index (κ2) is 5.96. The predicted octanol–water partition coefficient (Wildman–Crippen LogP) is 3.88. The number of hydrogen-bond acceptors (Lipinski definition) is 2. The molecule has 0 amide bonds. The van der Waals surface area contributed by atoms with Gasteiger partial charge in [0.1, 0.15) is 12.4 Å². The molecule has 1 aromatic rings. The molecule has 1 aromatic carbocycles. The SMILES string of the molecule is CNCCOc1cc(C(C)(C)C)cc(C(C)(C)C)c1. The van der Waals surface area contributed by atoms with Crippen molar-refractivity contribution in [1.82, 2.24) is 5.32 Å². The second-order valence-corrected chi connectivity index (χ2v) is 7.20. The van der Waals surface area contributed by atoms with Gasteiger partial charge in [0.05, 0.1) is 0 Å². The van der Waals surface area contributed by atoms with E-state index in [-0.39, 0.29) is 10.8 Å². The van der Waals surface area contributed by atoms with Crippen LogP contribution in [0.1, 0.15) is 52.7 Å². The third-order valence-corrected chi connectivity index (χ3v) is 3.26. The van der Waals surface area contributed by atoms with Gasteiger partial charge in [0.15, 0.2) is 0 Å². The molecule has 0 radical (unpaired) electrons. The lowest BCUT2D eigenvalue weighted by molar-refractivity contribution is 0.316. The zero-order valence-corrected chi connectivity index (χ0v) is 13.6. The Kier molecular flexibility index (Phi) is 5.03. The summed E-state index contributed by atoms with van der Waals surface area (Å²) in [7, 11) is 1.94. The largest absolute Gasteiger partial charge is 0.492 e. The van der Waals surface area contributed by atoms with E-state index in [2.05, 4.69) is 65.1 Å². The van der Waals surface area contributed by atoms with Crippen LogP contribution in [-0.2, 0) is 10.8 Å². The van der Waals surface area contributed by atoms with E-state index in [0.717, 1.165) is 12.3 Å². The Hall–Kier alpha value is -1.02. The van der Waals surface area contributed by atoms with Gasteiger partial charge in [0.2, 0.25) is 0 Å². The van der Waals surface area contributed by atoms with Crippen LogP contribution in [0.25, 0.3) is 0 Å². The van der Waals surface area contributed by atoms with Crippen molar-refractivity contribution in [2.24, 2.45) is 0 Å². The summed E-state index contributed by atoms with van der Waals surface area (Å²) in [5.74, 6) is 0.979. The van der Waals surface area contributed by atoms with Crippen molar-refractivity contribution < 1.29 is 4.74 Å². The molecule has 0 fully saturated rings. The minimum Gasteiger partial charge on any atom is -0.492 e. The van der Waals surface area contributed by atoms with Crippen molar-refractivity contribution >= 4 is 0 Å². The fourth-order valence-corrected chi connectivity index (χ4v) is 1.82. The van der Waals surface area contributed by atoms with Gasteiger partial charge >= 0.3 is 0 Å². The van der Waals surface area contributed by atoms with E-state index in [1.165, 1.54) is 11.1 Å². The molecular formula is C17H29NO. The highest BCUT2D eigenvalue weighted by atomic mass is 16.5. The van der Waals surface area contributed by atoms with E-state index in [0.29, 0.717) is 6.61 Å². The Morgan fingerprint density at radius 1 is 0.895 bits per heavy atom. The van der Waals surface area contributed by atoms with Crippen LogP contribution in [0.15, 0.2) is 18.2 Å². The molecule has 19 heavy (non-hydrogen) atoms. The fraction of sp³-hybridized carbons (Fsp3) is 0.647. The van der Waals surface area contributed by atoms with Crippen molar-refractivity contribution in [2.45, 2.75) is 52.4 Å². The summed E-state index contributed by atoms with van der Waals surface area (Å²) >= 11 is 0. The molecule has 2 nitrogen and oxygen atoms in total. The molecule has 0 atom stereocenters. The molecule has 0 aliphatic heterocycles. The molecule has 0 saturated carbocycles. The van der Waals surface area contributed by atoms with Crippen molar-refractivity contribution in [1.29, 1.82) is 0 Å². The number of likely N-dealkylation sites (N-methyl/N-ethyl adjacent to an activating group) is 1. The lowest BCUT2D eigenvalue weighted by atomic mass is 9.80. The quantitative estimate of drug-likeness (QED) is 0.832. The topological polar surface area (TPSA) is 21.3 Å². The van der Waals surface area contributed by atoms with Crippen LogP contribution in [-0.4, -0.2) is 20.2 Å². The van der Waals surface area contributed by atoms with Gasteiger partial charge in [-0.1, -0.05) is 47.6 Å². The van der Waals surface area contributed by atoms with E-state index in [4.69, 9.17) is 4.74 Å². The first kappa shape index (κ1) is 16.0. The van der Waals surface area contributed by atoms with Gasteiger partial charge in [-0.25, -0.2) is 0 Å². The first-order valence-electron chi connectivity index (χ1n) is 7.08. The second-order valence-electron chi connectivity index (χ2n) is 7.20. The van der Waals surface area contributed by atoms with Crippen LogP contribution in [0, 0.1) is 0 Å². The average molecular weight is 263 g/mol. The molecule has 1 N–H and O–H groups in total. The van der Waals surface area contributed by atoms with Crippen LogP contribution in [0.4, 0.5) is 0 Å². The highest BCUT2D eigenvalue weighted by Gasteiger charge is 2.20. The van der Waals surface area contributed by atoms with E-state index in [1.54, 1.807) is 0 Å². The Balaban J connectivity index is 3.10. The number of nitrogens with one attached hydrogen (secondary N) is 1. The normalized spacial score (nSPS) is 12.6. The monoisotopic (exact) mass is 263 g/mol. The summed E-state index contributed by atoms with van der Waals surface area (Å²) in [6.07, 6.45) is 0. The molecule has 0 unspecified atom stereocenters. The molecular weight excluding hydrogens is 234 g/mol. The lowest BCUT2D eigenvalue weighted by Gasteiger charge is -2.26. The van der Waals surface area contributed by atoms with Crippen molar-refractivity contribution in [3.05, 3.63) is 29.3 Å². The summed E-state index contributed by atoms with van der Waals surface area (Å²) in [4.78, 5) is 0. The standard InChI is InChI=1S/C17H29NO/c1-16(2,3)13-10-14(17(4,5)6)12-15(11-13)19-9-8-18-7/h10-12,18H,8-9H2,1-7H3. The maximum atomic E-state index is 5.86. The Labute approximate surface area is 118 Å². The smallest absolute Gasteiger partial charge is 0.119 e. The summed E-state index contributed by atoms with van der Waals surface area (Å²) in [6, 6.07) is 6.65. The van der Waals surface area contributed by atoms with Crippen molar-refractivity contribution in [3.63, 3.8) is 0 Å². The summed E-state index contributed by atoms with van der Waals surface area (Å²) in [5, 5.41) is 3.10. The van der Waals surface area contributed by atoms with Crippen LogP contribution >= 0.6 is 0 Å². The fourth-order valence-electron chi connectivity index (χ4n) is 1.82. The Bertz CT molecular complexity index is 378. The van der Waals surface area contributed by atoms with Gasteiger partial charge in [0, 0.05) is 6.54 Å². The molecule has 0 aliphatic carbocycles. The zero-order valence-electron chi connectivity index (χ0n) is 13.6. The number of ether oxygens (including phenoxy) is 1. The van der Waals surface area contributed by atoms with E-state index < -0.39 is 0 Å². The molecule has 0 heterocycles.